The van der Waals surface area contributed by atoms with Gasteiger partial charge in [0.15, 0.2) is 0 Å². The first-order chi connectivity index (χ1) is 10.2. The fraction of sp³-hybridized carbons (Fsp3) is 0.133. The Balaban J connectivity index is 2.64. The van der Waals surface area contributed by atoms with Crippen LogP contribution in [0.25, 0.3) is 0 Å². The molecule has 0 heterocycles. The fourth-order valence-electron chi connectivity index (χ4n) is 1.96. The molecule has 22 heavy (non-hydrogen) atoms. The number of sulfone groups is 1. The van der Waals surface area contributed by atoms with Crippen molar-refractivity contribution in [3.05, 3.63) is 48.0 Å². The number of benzene rings is 2. The summed E-state index contributed by atoms with van der Waals surface area (Å²) in [6.45, 7) is 1.41. The summed E-state index contributed by atoms with van der Waals surface area (Å²) in [5.41, 5.74) is 0.235. The van der Waals surface area contributed by atoms with E-state index in [-0.39, 0.29) is 10.5 Å². The second kappa shape index (κ2) is 5.69. The topological polar surface area (TPSA) is 112 Å². The number of carbonyl (C=O) groups is 1. The van der Waals surface area contributed by atoms with Gasteiger partial charge in [0, 0.05) is 0 Å². The third-order valence-corrected chi connectivity index (χ3v) is 5.13. The lowest BCUT2D eigenvalue weighted by Crippen LogP contribution is -2.09. The minimum atomic E-state index is -4.17. The van der Waals surface area contributed by atoms with Crippen LogP contribution in [0.15, 0.2) is 52.3 Å². The summed E-state index contributed by atoms with van der Waals surface area (Å²) < 4.78 is 25.1. The van der Waals surface area contributed by atoms with Crippen molar-refractivity contribution < 1.29 is 28.5 Å². The van der Waals surface area contributed by atoms with Crippen molar-refractivity contribution >= 4 is 15.8 Å². The van der Waals surface area contributed by atoms with E-state index in [2.05, 4.69) is 0 Å². The Morgan fingerprint density at radius 3 is 2.18 bits per heavy atom. The minimum absolute atomic E-state index is 0.235. The molecule has 0 saturated heterocycles. The molecular formula is C15H14O6S. The zero-order valence-electron chi connectivity index (χ0n) is 11.6. The monoisotopic (exact) mass is 322 g/mol. The Kier molecular flexibility index (Phi) is 4.09. The molecule has 6 nitrogen and oxygen atoms in total. The van der Waals surface area contributed by atoms with Gasteiger partial charge in [-0.3, -0.25) is 4.79 Å². The molecule has 0 bridgehead atoms. The molecule has 0 saturated carbocycles. The lowest BCUT2D eigenvalue weighted by Gasteiger charge is -2.12. The summed E-state index contributed by atoms with van der Waals surface area (Å²) in [6.07, 6.45) is 0. The van der Waals surface area contributed by atoms with Crippen LogP contribution >= 0.6 is 0 Å². The first kappa shape index (κ1) is 15.8. The molecule has 7 heteroatoms. The summed E-state index contributed by atoms with van der Waals surface area (Å²) in [7, 11) is -4.17. The van der Waals surface area contributed by atoms with Gasteiger partial charge in [-0.05, 0) is 36.8 Å². The van der Waals surface area contributed by atoms with Crippen molar-refractivity contribution in [2.24, 2.45) is 0 Å². The van der Waals surface area contributed by atoms with Crippen LogP contribution in [0, 0.1) is 0 Å². The molecule has 2 aromatic rings. The van der Waals surface area contributed by atoms with Gasteiger partial charge < -0.3 is 15.3 Å². The van der Waals surface area contributed by atoms with E-state index < -0.39 is 38.1 Å². The van der Waals surface area contributed by atoms with Gasteiger partial charge >= 0.3 is 5.97 Å². The zero-order chi connectivity index (χ0) is 16.5. The first-order valence-electron chi connectivity index (χ1n) is 6.34. The number of carboxylic acids is 1. The third-order valence-electron chi connectivity index (χ3n) is 3.30. The van der Waals surface area contributed by atoms with Gasteiger partial charge in [0.25, 0.3) is 0 Å². The van der Waals surface area contributed by atoms with Crippen LogP contribution in [0.5, 0.6) is 11.5 Å². The Bertz CT molecular complexity index is 826. The van der Waals surface area contributed by atoms with E-state index in [1.807, 2.05) is 0 Å². The Morgan fingerprint density at radius 2 is 1.59 bits per heavy atom. The van der Waals surface area contributed by atoms with Crippen LogP contribution in [0.2, 0.25) is 0 Å². The first-order valence-corrected chi connectivity index (χ1v) is 7.82. The summed E-state index contributed by atoms with van der Waals surface area (Å²) in [4.78, 5) is 10.2. The number of rotatable bonds is 4. The molecular weight excluding hydrogens is 308 g/mol. The number of phenols is 2. The molecule has 1 unspecified atom stereocenters. The van der Waals surface area contributed by atoms with Crippen molar-refractivity contribution in [3.63, 3.8) is 0 Å². The predicted molar refractivity (Wildman–Crippen MR) is 77.7 cm³/mol. The van der Waals surface area contributed by atoms with E-state index in [9.17, 15) is 23.4 Å². The van der Waals surface area contributed by atoms with Crippen LogP contribution < -0.4 is 0 Å². The number of aliphatic carboxylic acids is 1. The van der Waals surface area contributed by atoms with E-state index in [1.165, 1.54) is 37.3 Å². The maximum absolute atomic E-state index is 12.6. The molecule has 0 radical (unpaired) electrons. The minimum Gasteiger partial charge on any atom is -0.507 e. The van der Waals surface area contributed by atoms with Crippen molar-refractivity contribution in [2.45, 2.75) is 22.6 Å². The molecule has 0 aliphatic heterocycles. The van der Waals surface area contributed by atoms with Crippen LogP contribution in [0.4, 0.5) is 0 Å². The lowest BCUT2D eigenvalue weighted by atomic mass is 10.0. The summed E-state index contributed by atoms with van der Waals surface area (Å²) in [5, 5.41) is 28.6. The van der Waals surface area contributed by atoms with Crippen molar-refractivity contribution in [3.8, 4) is 11.5 Å². The smallest absolute Gasteiger partial charge is 0.310 e. The van der Waals surface area contributed by atoms with Gasteiger partial charge in [0.2, 0.25) is 9.84 Å². The van der Waals surface area contributed by atoms with E-state index in [1.54, 1.807) is 0 Å². The quantitative estimate of drug-likeness (QED) is 0.795. The molecule has 0 fully saturated rings. The molecule has 0 aromatic heterocycles. The second-order valence-corrected chi connectivity index (χ2v) is 6.64. The Morgan fingerprint density at radius 1 is 1.00 bits per heavy atom. The largest absolute Gasteiger partial charge is 0.507 e. The number of phenolic OH excluding ortho intramolecular Hbond substituents is 2. The fourth-order valence-corrected chi connectivity index (χ4v) is 3.43. The molecule has 3 N–H and O–H groups in total. The van der Waals surface area contributed by atoms with Crippen molar-refractivity contribution in [1.29, 1.82) is 0 Å². The second-order valence-electron chi connectivity index (χ2n) is 4.76. The highest BCUT2D eigenvalue weighted by Gasteiger charge is 2.26. The van der Waals surface area contributed by atoms with Gasteiger partial charge in [-0.1, -0.05) is 18.2 Å². The maximum Gasteiger partial charge on any atom is 0.310 e. The summed E-state index contributed by atoms with van der Waals surface area (Å²) >= 11 is 0. The zero-order valence-corrected chi connectivity index (χ0v) is 12.4. The van der Waals surface area contributed by atoms with Gasteiger partial charge in [0.05, 0.1) is 5.92 Å². The molecule has 0 aliphatic rings. The third kappa shape index (κ3) is 2.75. The average molecular weight is 322 g/mol. The van der Waals surface area contributed by atoms with Gasteiger partial charge in [0.1, 0.15) is 21.3 Å². The Labute approximate surface area is 127 Å². The Hall–Kier alpha value is -2.54. The van der Waals surface area contributed by atoms with Crippen LogP contribution in [-0.2, 0) is 14.6 Å². The lowest BCUT2D eigenvalue weighted by molar-refractivity contribution is -0.138. The van der Waals surface area contributed by atoms with Crippen molar-refractivity contribution in [1.82, 2.24) is 0 Å². The van der Waals surface area contributed by atoms with E-state index >= 15 is 0 Å². The number of para-hydroxylation sites is 1. The number of aromatic hydroxyl groups is 2. The number of hydrogen-bond donors (Lipinski definition) is 3. The van der Waals surface area contributed by atoms with E-state index in [0.717, 1.165) is 12.1 Å². The molecule has 2 aromatic carbocycles. The molecule has 0 aliphatic carbocycles. The van der Waals surface area contributed by atoms with Crippen LogP contribution in [-0.4, -0.2) is 29.7 Å². The normalized spacial score (nSPS) is 12.8. The summed E-state index contributed by atoms with van der Waals surface area (Å²) in [5.74, 6) is -3.00. The highest BCUT2D eigenvalue weighted by molar-refractivity contribution is 7.91. The molecule has 1 atom stereocenters. The predicted octanol–water partition coefficient (Wildman–Crippen LogP) is 2.12. The van der Waals surface area contributed by atoms with Gasteiger partial charge in [-0.15, -0.1) is 0 Å². The maximum atomic E-state index is 12.6. The van der Waals surface area contributed by atoms with Crippen LogP contribution in [0.3, 0.4) is 0 Å². The molecule has 0 spiro atoms. The van der Waals surface area contributed by atoms with Crippen molar-refractivity contribution in [2.75, 3.05) is 0 Å². The summed E-state index contributed by atoms with van der Waals surface area (Å²) in [6, 6.07) is 8.91. The van der Waals surface area contributed by atoms with Gasteiger partial charge in [-0.25, -0.2) is 8.42 Å². The molecule has 116 valence electrons. The SMILES string of the molecule is CC(C(=O)O)c1ccc(O)c(S(=O)(=O)c2ccccc2O)c1. The van der Waals surface area contributed by atoms with Gasteiger partial charge in [-0.2, -0.15) is 0 Å². The number of hydrogen-bond acceptors (Lipinski definition) is 5. The average Bonchev–Trinajstić information content (AvgIpc) is 2.47. The van der Waals surface area contributed by atoms with E-state index in [4.69, 9.17) is 5.11 Å². The molecule has 2 rings (SSSR count). The standard InChI is InChI=1S/C15H14O6S/c1-9(15(18)19)10-6-7-12(17)14(8-10)22(20,21)13-5-3-2-4-11(13)16/h2-9,16-17H,1H3,(H,18,19). The highest BCUT2D eigenvalue weighted by atomic mass is 32.2. The van der Waals surface area contributed by atoms with Crippen LogP contribution in [0.1, 0.15) is 18.4 Å². The molecule has 0 amide bonds. The number of carboxylic acid groups (broad SMARTS) is 1. The van der Waals surface area contributed by atoms with E-state index in [0.29, 0.717) is 0 Å². The highest BCUT2D eigenvalue weighted by Crippen LogP contribution is 2.34.